The fourth-order valence-corrected chi connectivity index (χ4v) is 3.01. The number of thiazole rings is 1. The first-order valence-electron chi connectivity index (χ1n) is 4.55. The van der Waals surface area contributed by atoms with E-state index in [1.807, 2.05) is 28.0 Å². The maximum atomic E-state index is 12.8. The Morgan fingerprint density at radius 1 is 1.41 bits per heavy atom. The van der Waals surface area contributed by atoms with Crippen LogP contribution in [0.2, 0.25) is 0 Å². The monoisotopic (exact) mass is 363 g/mol. The van der Waals surface area contributed by atoms with Gasteiger partial charge in [-0.25, -0.2) is 15.2 Å². The fourth-order valence-electron chi connectivity index (χ4n) is 1.31. The van der Waals surface area contributed by atoms with E-state index in [1.54, 1.807) is 12.1 Å². The number of nitrogen functional groups attached to an aromatic ring is 1. The van der Waals surface area contributed by atoms with Gasteiger partial charge in [0.1, 0.15) is 11.5 Å². The summed E-state index contributed by atoms with van der Waals surface area (Å²) in [6.45, 7) is 0. The molecule has 88 valence electrons. The van der Waals surface area contributed by atoms with E-state index in [1.165, 1.54) is 23.5 Å². The number of carbonyl (C=O) groups is 1. The lowest BCUT2D eigenvalue weighted by atomic mass is 10.1. The summed E-state index contributed by atoms with van der Waals surface area (Å²) in [5.74, 6) is 4.31. The summed E-state index contributed by atoms with van der Waals surface area (Å²) in [6.07, 6.45) is 0. The van der Waals surface area contributed by atoms with Crippen molar-refractivity contribution in [2.75, 3.05) is 0 Å². The van der Waals surface area contributed by atoms with Crippen molar-refractivity contribution in [1.82, 2.24) is 10.4 Å². The first-order valence-corrected chi connectivity index (χ1v) is 6.44. The zero-order valence-corrected chi connectivity index (χ0v) is 11.4. The molecule has 0 saturated carbocycles. The summed E-state index contributed by atoms with van der Waals surface area (Å²) in [4.78, 5) is 16.3. The van der Waals surface area contributed by atoms with E-state index in [2.05, 4.69) is 4.98 Å². The van der Waals surface area contributed by atoms with Crippen LogP contribution in [0.1, 0.15) is 10.5 Å². The van der Waals surface area contributed by atoms with Gasteiger partial charge in [0.15, 0.2) is 3.01 Å². The van der Waals surface area contributed by atoms with Gasteiger partial charge in [-0.3, -0.25) is 10.2 Å². The van der Waals surface area contributed by atoms with Crippen LogP contribution in [0.15, 0.2) is 24.3 Å². The second kappa shape index (κ2) is 5.07. The molecule has 0 fully saturated rings. The number of hydrogen-bond acceptors (Lipinski definition) is 4. The van der Waals surface area contributed by atoms with Crippen LogP contribution in [0, 0.1) is 8.83 Å². The molecular weight excluding hydrogens is 356 g/mol. The Morgan fingerprint density at radius 2 is 2.06 bits per heavy atom. The molecule has 0 spiro atoms. The number of aromatic nitrogens is 1. The minimum Gasteiger partial charge on any atom is -0.289 e. The summed E-state index contributed by atoms with van der Waals surface area (Å²) in [5, 5.41) is 0. The molecular formula is C10H7FIN3OS. The zero-order chi connectivity index (χ0) is 12.4. The molecule has 0 unspecified atom stereocenters. The van der Waals surface area contributed by atoms with E-state index in [0.717, 1.165) is 8.58 Å². The minimum atomic E-state index is -0.455. The number of hydrogen-bond donors (Lipinski definition) is 2. The molecule has 0 saturated heterocycles. The van der Waals surface area contributed by atoms with Gasteiger partial charge in [0.25, 0.3) is 5.91 Å². The van der Waals surface area contributed by atoms with Crippen LogP contribution in [0.3, 0.4) is 0 Å². The molecule has 3 N–H and O–H groups in total. The van der Waals surface area contributed by atoms with Crippen molar-refractivity contribution < 1.29 is 9.18 Å². The van der Waals surface area contributed by atoms with Crippen LogP contribution in [0.5, 0.6) is 0 Å². The Balaban J connectivity index is 2.51. The van der Waals surface area contributed by atoms with Gasteiger partial charge < -0.3 is 0 Å². The molecule has 1 aromatic heterocycles. The predicted molar refractivity (Wildman–Crippen MR) is 71.9 cm³/mol. The second-order valence-corrected chi connectivity index (χ2v) is 5.88. The average molecular weight is 363 g/mol. The molecule has 0 aliphatic heterocycles. The molecule has 0 aliphatic rings. The maximum Gasteiger partial charge on any atom is 0.285 e. The standard InChI is InChI=1S/C10H7FIN3OS/c11-6-3-1-5(2-4-6)8-7(9(16)15-13)14-10(12)17-8/h1-4H,13H2,(H,15,16). The van der Waals surface area contributed by atoms with Gasteiger partial charge in [-0.1, -0.05) is 12.1 Å². The minimum absolute atomic E-state index is 0.258. The van der Waals surface area contributed by atoms with Crippen LogP contribution >= 0.6 is 33.9 Å². The molecule has 0 atom stereocenters. The zero-order valence-electron chi connectivity index (χ0n) is 8.41. The van der Waals surface area contributed by atoms with Crippen LogP contribution in [-0.4, -0.2) is 10.9 Å². The summed E-state index contributed by atoms with van der Waals surface area (Å²) in [7, 11) is 0. The number of amides is 1. The van der Waals surface area contributed by atoms with Crippen molar-refractivity contribution in [3.63, 3.8) is 0 Å². The van der Waals surface area contributed by atoms with Crippen molar-refractivity contribution in [1.29, 1.82) is 0 Å². The van der Waals surface area contributed by atoms with Crippen molar-refractivity contribution in [3.8, 4) is 10.4 Å². The van der Waals surface area contributed by atoms with Crippen molar-refractivity contribution >= 4 is 39.8 Å². The third-order valence-electron chi connectivity index (χ3n) is 2.05. The van der Waals surface area contributed by atoms with Crippen LogP contribution in [0.4, 0.5) is 4.39 Å². The SMILES string of the molecule is NNC(=O)c1nc(I)sc1-c1ccc(F)cc1. The van der Waals surface area contributed by atoms with E-state index < -0.39 is 5.91 Å². The molecule has 0 aliphatic carbocycles. The van der Waals surface area contributed by atoms with E-state index in [-0.39, 0.29) is 11.5 Å². The molecule has 2 aromatic rings. The molecule has 0 radical (unpaired) electrons. The first-order chi connectivity index (χ1) is 8.11. The number of nitrogens with one attached hydrogen (secondary N) is 1. The molecule has 1 heterocycles. The second-order valence-electron chi connectivity index (χ2n) is 3.12. The summed E-state index contributed by atoms with van der Waals surface area (Å²) in [6, 6.07) is 5.89. The normalized spacial score (nSPS) is 10.3. The van der Waals surface area contributed by atoms with Gasteiger partial charge in [0, 0.05) is 0 Å². The average Bonchev–Trinajstić information content (AvgIpc) is 2.71. The number of hydrazine groups is 1. The maximum absolute atomic E-state index is 12.8. The van der Waals surface area contributed by atoms with Crippen LogP contribution in [0.25, 0.3) is 10.4 Å². The predicted octanol–water partition coefficient (Wildman–Crippen LogP) is 2.16. The van der Waals surface area contributed by atoms with Crippen LogP contribution in [-0.2, 0) is 0 Å². The van der Waals surface area contributed by atoms with E-state index in [4.69, 9.17) is 5.84 Å². The third kappa shape index (κ3) is 2.61. The number of halogens is 2. The van der Waals surface area contributed by atoms with Gasteiger partial charge in [0.2, 0.25) is 0 Å². The number of carbonyl (C=O) groups excluding carboxylic acids is 1. The molecule has 7 heteroatoms. The number of nitrogens with zero attached hydrogens (tertiary/aromatic N) is 1. The largest absolute Gasteiger partial charge is 0.289 e. The topological polar surface area (TPSA) is 68.0 Å². The third-order valence-corrected chi connectivity index (χ3v) is 3.85. The van der Waals surface area contributed by atoms with E-state index in [9.17, 15) is 9.18 Å². The Hall–Kier alpha value is -1.06. The summed E-state index contributed by atoms with van der Waals surface area (Å²) < 4.78 is 13.5. The van der Waals surface area contributed by atoms with Gasteiger partial charge in [0.05, 0.1) is 4.88 Å². The highest BCUT2D eigenvalue weighted by atomic mass is 127. The molecule has 0 bridgehead atoms. The van der Waals surface area contributed by atoms with Crippen molar-refractivity contribution in [3.05, 3.63) is 38.8 Å². The molecule has 4 nitrogen and oxygen atoms in total. The Labute approximate surface area is 114 Å². The fraction of sp³-hybridized carbons (Fsp3) is 0. The van der Waals surface area contributed by atoms with E-state index in [0.29, 0.717) is 4.88 Å². The molecule has 2 rings (SSSR count). The highest BCUT2D eigenvalue weighted by Gasteiger charge is 2.17. The number of benzene rings is 1. The number of rotatable bonds is 2. The lowest BCUT2D eigenvalue weighted by Gasteiger charge is -2.00. The summed E-state index contributed by atoms with van der Waals surface area (Å²) in [5.41, 5.74) is 3.04. The molecule has 17 heavy (non-hydrogen) atoms. The van der Waals surface area contributed by atoms with Crippen molar-refractivity contribution in [2.24, 2.45) is 5.84 Å². The lowest BCUT2D eigenvalue weighted by molar-refractivity contribution is 0.0950. The van der Waals surface area contributed by atoms with Gasteiger partial charge in [-0.15, -0.1) is 11.3 Å². The van der Waals surface area contributed by atoms with Crippen LogP contribution < -0.4 is 11.3 Å². The van der Waals surface area contributed by atoms with Crippen molar-refractivity contribution in [2.45, 2.75) is 0 Å². The van der Waals surface area contributed by atoms with Gasteiger partial charge in [-0.05, 0) is 40.3 Å². The quantitative estimate of drug-likeness (QED) is 0.372. The molecule has 1 aromatic carbocycles. The van der Waals surface area contributed by atoms with Gasteiger partial charge in [-0.2, -0.15) is 0 Å². The Morgan fingerprint density at radius 3 is 2.65 bits per heavy atom. The summed E-state index contributed by atoms with van der Waals surface area (Å²) >= 11 is 3.38. The van der Waals surface area contributed by atoms with E-state index >= 15 is 0 Å². The Bertz CT molecular complexity index is 555. The first kappa shape index (κ1) is 12.4. The number of nitrogens with two attached hydrogens (primary N) is 1. The Kier molecular flexibility index (Phi) is 3.69. The highest BCUT2D eigenvalue weighted by molar-refractivity contribution is 14.1. The highest BCUT2D eigenvalue weighted by Crippen LogP contribution is 2.31. The smallest absolute Gasteiger partial charge is 0.285 e. The van der Waals surface area contributed by atoms with Gasteiger partial charge >= 0.3 is 0 Å². The lowest BCUT2D eigenvalue weighted by Crippen LogP contribution is -2.30. The molecule has 1 amide bonds.